The van der Waals surface area contributed by atoms with Crippen LogP contribution >= 0.6 is 0 Å². The second-order valence-corrected chi connectivity index (χ2v) is 7.42. The zero-order valence-electron chi connectivity index (χ0n) is 13.8. The molecule has 2 aliphatic heterocycles. The third-order valence-corrected chi connectivity index (χ3v) is 4.64. The molecule has 1 N–H and O–H groups in total. The van der Waals surface area contributed by atoms with Gasteiger partial charge in [0.2, 0.25) is 5.91 Å². The number of amides is 1. The lowest BCUT2D eigenvalue weighted by Gasteiger charge is -2.37. The van der Waals surface area contributed by atoms with Crippen molar-refractivity contribution < 1.29 is 9.90 Å². The maximum Gasteiger partial charge on any atom is 0.222 e. The van der Waals surface area contributed by atoms with E-state index in [2.05, 4.69) is 16.8 Å². The average Bonchev–Trinajstić information content (AvgIpc) is 2.40. The standard InChI is InChI=1S/C16H31N3O2/c1-16(2,21)13-18-6-4-14(5-7-18)12-15(20)19-10-8-17(3)9-11-19/h14,21H,4-13H2,1-3H3. The molecule has 0 bridgehead atoms. The molecule has 21 heavy (non-hydrogen) atoms. The predicted molar refractivity (Wildman–Crippen MR) is 84.2 cm³/mol. The van der Waals surface area contributed by atoms with Crippen LogP contribution < -0.4 is 0 Å². The molecule has 2 heterocycles. The lowest BCUT2D eigenvalue weighted by atomic mass is 9.92. The van der Waals surface area contributed by atoms with Crippen LogP contribution in [0, 0.1) is 5.92 Å². The number of piperidine rings is 1. The van der Waals surface area contributed by atoms with Crippen molar-refractivity contribution in [2.75, 3.05) is 52.9 Å². The number of likely N-dealkylation sites (tertiary alicyclic amines) is 1. The van der Waals surface area contributed by atoms with E-state index in [1.54, 1.807) is 0 Å². The van der Waals surface area contributed by atoms with Crippen LogP contribution in [0.5, 0.6) is 0 Å². The van der Waals surface area contributed by atoms with Crippen LogP contribution in [-0.2, 0) is 4.79 Å². The van der Waals surface area contributed by atoms with E-state index in [0.29, 0.717) is 18.2 Å². The Kier molecular flexibility index (Phi) is 5.63. The Balaban J connectivity index is 1.69. The van der Waals surface area contributed by atoms with E-state index in [1.807, 2.05) is 18.7 Å². The maximum atomic E-state index is 12.3. The lowest BCUT2D eigenvalue weighted by Crippen LogP contribution is -2.48. The molecule has 0 aromatic rings. The predicted octanol–water partition coefficient (Wildman–Crippen LogP) is 0.633. The third kappa shape index (κ3) is 5.57. The highest BCUT2D eigenvalue weighted by Crippen LogP contribution is 2.22. The number of hydrogen-bond acceptors (Lipinski definition) is 4. The van der Waals surface area contributed by atoms with Crippen molar-refractivity contribution >= 4 is 5.91 Å². The Morgan fingerprint density at radius 2 is 1.67 bits per heavy atom. The Bertz CT molecular complexity index is 338. The molecule has 2 saturated heterocycles. The van der Waals surface area contributed by atoms with Gasteiger partial charge in [-0.2, -0.15) is 0 Å². The molecule has 0 aromatic heterocycles. The summed E-state index contributed by atoms with van der Waals surface area (Å²) in [6.07, 6.45) is 2.87. The average molecular weight is 297 g/mol. The summed E-state index contributed by atoms with van der Waals surface area (Å²) in [5.41, 5.74) is -0.623. The summed E-state index contributed by atoms with van der Waals surface area (Å²) >= 11 is 0. The highest BCUT2D eigenvalue weighted by atomic mass is 16.3. The Morgan fingerprint density at radius 3 is 2.19 bits per heavy atom. The summed E-state index contributed by atoms with van der Waals surface area (Å²) in [7, 11) is 2.11. The van der Waals surface area contributed by atoms with E-state index < -0.39 is 5.60 Å². The van der Waals surface area contributed by atoms with Gasteiger partial charge >= 0.3 is 0 Å². The molecule has 2 fully saturated rings. The van der Waals surface area contributed by atoms with Crippen LogP contribution in [0.25, 0.3) is 0 Å². The molecule has 0 atom stereocenters. The number of nitrogens with zero attached hydrogens (tertiary/aromatic N) is 3. The van der Waals surface area contributed by atoms with Gasteiger partial charge in [-0.15, -0.1) is 0 Å². The van der Waals surface area contributed by atoms with Crippen molar-refractivity contribution in [2.45, 2.75) is 38.7 Å². The van der Waals surface area contributed by atoms with Crippen molar-refractivity contribution in [3.8, 4) is 0 Å². The second-order valence-electron chi connectivity index (χ2n) is 7.42. The monoisotopic (exact) mass is 297 g/mol. The van der Waals surface area contributed by atoms with Crippen molar-refractivity contribution in [3.63, 3.8) is 0 Å². The number of carbonyl (C=O) groups is 1. The van der Waals surface area contributed by atoms with Crippen LogP contribution in [0.1, 0.15) is 33.1 Å². The van der Waals surface area contributed by atoms with Crippen LogP contribution in [0.15, 0.2) is 0 Å². The van der Waals surface area contributed by atoms with Gasteiger partial charge in [-0.1, -0.05) is 0 Å². The minimum absolute atomic E-state index is 0.337. The molecule has 1 amide bonds. The number of piperazine rings is 1. The maximum absolute atomic E-state index is 12.3. The van der Waals surface area contributed by atoms with E-state index in [-0.39, 0.29) is 0 Å². The van der Waals surface area contributed by atoms with E-state index >= 15 is 0 Å². The topological polar surface area (TPSA) is 47.0 Å². The third-order valence-electron chi connectivity index (χ3n) is 4.64. The molecule has 5 nitrogen and oxygen atoms in total. The highest BCUT2D eigenvalue weighted by molar-refractivity contribution is 5.76. The molecule has 0 radical (unpaired) electrons. The normalized spacial score (nSPS) is 23.5. The Morgan fingerprint density at radius 1 is 1.10 bits per heavy atom. The van der Waals surface area contributed by atoms with E-state index in [4.69, 9.17) is 0 Å². The number of aliphatic hydroxyl groups is 1. The van der Waals surface area contributed by atoms with Gasteiger partial charge in [0.15, 0.2) is 0 Å². The molecular formula is C16H31N3O2. The van der Waals surface area contributed by atoms with E-state index in [9.17, 15) is 9.90 Å². The SMILES string of the molecule is CN1CCN(C(=O)CC2CCN(CC(C)(C)O)CC2)CC1. The van der Waals surface area contributed by atoms with Gasteiger partial charge in [-0.25, -0.2) is 0 Å². The summed E-state index contributed by atoms with van der Waals surface area (Å²) in [5, 5.41) is 9.87. The van der Waals surface area contributed by atoms with Gasteiger partial charge in [-0.05, 0) is 52.7 Å². The lowest BCUT2D eigenvalue weighted by molar-refractivity contribution is -0.134. The fourth-order valence-corrected chi connectivity index (χ4v) is 3.33. The molecule has 122 valence electrons. The number of rotatable bonds is 4. The number of carbonyl (C=O) groups excluding carboxylic acids is 1. The van der Waals surface area contributed by atoms with Gasteiger partial charge in [-0.3, -0.25) is 4.79 Å². The van der Waals surface area contributed by atoms with Crippen molar-refractivity contribution in [1.82, 2.24) is 14.7 Å². The Labute approximate surface area is 128 Å². The Hall–Kier alpha value is -0.650. The molecule has 0 saturated carbocycles. The first-order chi connectivity index (χ1) is 9.83. The number of β-amino-alcohol motifs (C(OH)–C–C–N with tert-alkyl or cyclic N) is 1. The quantitative estimate of drug-likeness (QED) is 0.827. The van der Waals surface area contributed by atoms with Crippen molar-refractivity contribution in [1.29, 1.82) is 0 Å². The van der Waals surface area contributed by atoms with Crippen molar-refractivity contribution in [2.24, 2.45) is 5.92 Å². The first kappa shape index (κ1) is 16.7. The van der Waals surface area contributed by atoms with E-state index in [0.717, 1.165) is 58.7 Å². The first-order valence-electron chi connectivity index (χ1n) is 8.24. The van der Waals surface area contributed by atoms with Crippen LogP contribution in [0.4, 0.5) is 0 Å². The van der Waals surface area contributed by atoms with Gasteiger partial charge in [0.25, 0.3) is 0 Å². The summed E-state index contributed by atoms with van der Waals surface area (Å²) < 4.78 is 0. The van der Waals surface area contributed by atoms with Crippen molar-refractivity contribution in [3.05, 3.63) is 0 Å². The van der Waals surface area contributed by atoms with Gasteiger partial charge < -0.3 is 19.8 Å². The number of hydrogen-bond donors (Lipinski definition) is 1. The molecule has 2 aliphatic rings. The smallest absolute Gasteiger partial charge is 0.222 e. The summed E-state index contributed by atoms with van der Waals surface area (Å²) in [6.45, 7) is 10.2. The van der Waals surface area contributed by atoms with Gasteiger partial charge in [0.05, 0.1) is 5.60 Å². The van der Waals surface area contributed by atoms with Crippen LogP contribution in [0.2, 0.25) is 0 Å². The van der Waals surface area contributed by atoms with Gasteiger partial charge in [0, 0.05) is 39.1 Å². The summed E-state index contributed by atoms with van der Waals surface area (Å²) in [6, 6.07) is 0. The molecule has 0 unspecified atom stereocenters. The molecule has 0 spiro atoms. The summed E-state index contributed by atoms with van der Waals surface area (Å²) in [5.74, 6) is 0.860. The van der Waals surface area contributed by atoms with E-state index in [1.165, 1.54) is 0 Å². The molecule has 0 aliphatic carbocycles. The zero-order valence-corrected chi connectivity index (χ0v) is 13.8. The first-order valence-corrected chi connectivity index (χ1v) is 8.24. The van der Waals surface area contributed by atoms with Gasteiger partial charge in [0.1, 0.15) is 0 Å². The minimum atomic E-state index is -0.623. The molecule has 0 aromatic carbocycles. The zero-order chi connectivity index (χ0) is 15.5. The minimum Gasteiger partial charge on any atom is -0.389 e. The fourth-order valence-electron chi connectivity index (χ4n) is 3.33. The molecule has 5 heteroatoms. The second kappa shape index (κ2) is 7.07. The molecule has 2 rings (SSSR count). The summed E-state index contributed by atoms with van der Waals surface area (Å²) in [4.78, 5) is 19.0. The molecular weight excluding hydrogens is 266 g/mol. The fraction of sp³-hybridized carbons (Fsp3) is 0.938. The van der Waals surface area contributed by atoms with Crippen LogP contribution in [0.3, 0.4) is 0 Å². The number of likely N-dealkylation sites (N-methyl/N-ethyl adjacent to an activating group) is 1. The highest BCUT2D eigenvalue weighted by Gasteiger charge is 2.27. The largest absolute Gasteiger partial charge is 0.389 e. The van der Waals surface area contributed by atoms with Crippen LogP contribution in [-0.4, -0.2) is 84.2 Å².